The van der Waals surface area contributed by atoms with E-state index < -0.39 is 0 Å². The zero-order valence-electron chi connectivity index (χ0n) is 14.0. The number of aliphatic imine (C=N–C) groups is 1. The lowest BCUT2D eigenvalue weighted by molar-refractivity contribution is 0.447. The SMILES string of the molecule is CN=C(NC1CC1c1ccc(Br)cc1)N(C)Cc1ncnn1C.I. The molecule has 0 aliphatic heterocycles. The topological polar surface area (TPSA) is 58.3 Å². The van der Waals surface area contributed by atoms with Crippen molar-refractivity contribution in [2.75, 3.05) is 14.1 Å². The van der Waals surface area contributed by atoms with E-state index in [1.807, 2.05) is 21.1 Å². The molecule has 1 N–H and O–H groups in total. The molecule has 0 radical (unpaired) electrons. The Bertz CT molecular complexity index is 699. The first-order valence-electron chi connectivity index (χ1n) is 7.61. The highest BCUT2D eigenvalue weighted by atomic mass is 127. The van der Waals surface area contributed by atoms with Gasteiger partial charge in [0.15, 0.2) is 5.96 Å². The first-order chi connectivity index (χ1) is 11.1. The second-order valence-electron chi connectivity index (χ2n) is 5.85. The molecule has 1 aromatic carbocycles. The number of nitrogens with one attached hydrogen (secondary N) is 1. The van der Waals surface area contributed by atoms with Crippen LogP contribution in [-0.2, 0) is 13.6 Å². The molecule has 1 saturated carbocycles. The summed E-state index contributed by atoms with van der Waals surface area (Å²) in [5, 5.41) is 7.64. The third-order valence-corrected chi connectivity index (χ3v) is 4.69. The van der Waals surface area contributed by atoms with Gasteiger partial charge in [-0.15, -0.1) is 24.0 Å². The van der Waals surface area contributed by atoms with E-state index in [0.717, 1.165) is 22.7 Å². The van der Waals surface area contributed by atoms with Crippen LogP contribution in [0.5, 0.6) is 0 Å². The van der Waals surface area contributed by atoms with E-state index in [2.05, 4.69) is 65.5 Å². The average Bonchev–Trinajstić information content (AvgIpc) is 3.20. The number of rotatable bonds is 4. The number of halogens is 2. The molecule has 6 nitrogen and oxygen atoms in total. The van der Waals surface area contributed by atoms with Crippen LogP contribution in [0, 0.1) is 0 Å². The lowest BCUT2D eigenvalue weighted by Gasteiger charge is -2.21. The molecular formula is C16H22BrIN6. The summed E-state index contributed by atoms with van der Waals surface area (Å²) in [5.74, 6) is 2.36. The number of benzene rings is 1. The van der Waals surface area contributed by atoms with Crippen LogP contribution >= 0.6 is 39.9 Å². The monoisotopic (exact) mass is 504 g/mol. The lowest BCUT2D eigenvalue weighted by atomic mass is 10.1. The Morgan fingerprint density at radius 2 is 2.12 bits per heavy atom. The fraction of sp³-hybridized carbons (Fsp3) is 0.438. The van der Waals surface area contributed by atoms with Crippen LogP contribution in [-0.4, -0.2) is 45.8 Å². The minimum absolute atomic E-state index is 0. The normalized spacial score (nSPS) is 19.6. The number of hydrogen-bond donors (Lipinski definition) is 1. The van der Waals surface area contributed by atoms with Gasteiger partial charge in [-0.05, 0) is 24.1 Å². The van der Waals surface area contributed by atoms with Crippen molar-refractivity contribution in [3.05, 3.63) is 46.5 Å². The predicted molar refractivity (Wildman–Crippen MR) is 110 cm³/mol. The van der Waals surface area contributed by atoms with Crippen molar-refractivity contribution >= 4 is 45.9 Å². The summed E-state index contributed by atoms with van der Waals surface area (Å²) in [6, 6.07) is 9.00. The van der Waals surface area contributed by atoms with Crippen LogP contribution in [0.3, 0.4) is 0 Å². The van der Waals surface area contributed by atoms with Crippen LogP contribution in [0.2, 0.25) is 0 Å². The van der Waals surface area contributed by atoms with Gasteiger partial charge in [-0.3, -0.25) is 9.67 Å². The summed E-state index contributed by atoms with van der Waals surface area (Å²) in [7, 11) is 5.73. The molecule has 3 rings (SSSR count). The van der Waals surface area contributed by atoms with Gasteiger partial charge in [-0.2, -0.15) is 5.10 Å². The maximum atomic E-state index is 4.39. The maximum Gasteiger partial charge on any atom is 0.194 e. The number of hydrogen-bond acceptors (Lipinski definition) is 3. The highest BCUT2D eigenvalue weighted by molar-refractivity contribution is 14.0. The number of nitrogens with zero attached hydrogens (tertiary/aromatic N) is 5. The van der Waals surface area contributed by atoms with Crippen LogP contribution < -0.4 is 5.32 Å². The van der Waals surface area contributed by atoms with Gasteiger partial charge in [0.1, 0.15) is 12.2 Å². The lowest BCUT2D eigenvalue weighted by Crippen LogP contribution is -2.40. The predicted octanol–water partition coefficient (Wildman–Crippen LogP) is 2.76. The molecule has 2 unspecified atom stereocenters. The summed E-state index contributed by atoms with van der Waals surface area (Å²) in [5.41, 5.74) is 1.37. The molecule has 24 heavy (non-hydrogen) atoms. The minimum atomic E-state index is 0. The van der Waals surface area contributed by atoms with Crippen molar-refractivity contribution in [2.45, 2.75) is 24.9 Å². The van der Waals surface area contributed by atoms with Gasteiger partial charge in [0.05, 0.1) is 6.54 Å². The largest absolute Gasteiger partial charge is 0.353 e. The van der Waals surface area contributed by atoms with E-state index in [1.54, 1.807) is 11.0 Å². The zero-order valence-corrected chi connectivity index (χ0v) is 17.9. The zero-order chi connectivity index (χ0) is 16.4. The molecule has 0 bridgehead atoms. The Morgan fingerprint density at radius 1 is 1.42 bits per heavy atom. The molecule has 130 valence electrons. The van der Waals surface area contributed by atoms with Crippen molar-refractivity contribution in [1.82, 2.24) is 25.0 Å². The molecule has 1 aliphatic carbocycles. The molecule has 0 saturated heterocycles. The Morgan fingerprint density at radius 3 is 2.71 bits per heavy atom. The third kappa shape index (κ3) is 4.47. The second kappa shape index (κ2) is 8.28. The highest BCUT2D eigenvalue weighted by Crippen LogP contribution is 2.41. The molecule has 2 aromatic rings. The third-order valence-electron chi connectivity index (χ3n) is 4.16. The van der Waals surface area contributed by atoms with Gasteiger partial charge in [-0.1, -0.05) is 28.1 Å². The Kier molecular flexibility index (Phi) is 6.62. The fourth-order valence-electron chi connectivity index (χ4n) is 2.69. The van der Waals surface area contributed by atoms with Gasteiger partial charge in [-0.25, -0.2) is 4.98 Å². The van der Waals surface area contributed by atoms with Crippen molar-refractivity contribution in [1.29, 1.82) is 0 Å². The van der Waals surface area contributed by atoms with E-state index in [9.17, 15) is 0 Å². The summed E-state index contributed by atoms with van der Waals surface area (Å²) < 4.78 is 2.90. The molecule has 1 fully saturated rings. The van der Waals surface area contributed by atoms with Crippen LogP contribution in [0.4, 0.5) is 0 Å². The van der Waals surface area contributed by atoms with Gasteiger partial charge < -0.3 is 10.2 Å². The number of guanidine groups is 1. The van der Waals surface area contributed by atoms with E-state index >= 15 is 0 Å². The van der Waals surface area contributed by atoms with Crippen molar-refractivity contribution in [2.24, 2.45) is 12.0 Å². The maximum absolute atomic E-state index is 4.39. The molecule has 1 aromatic heterocycles. The van der Waals surface area contributed by atoms with E-state index in [1.165, 1.54) is 5.56 Å². The molecule has 0 spiro atoms. The number of aromatic nitrogens is 3. The molecular weight excluding hydrogens is 483 g/mol. The second-order valence-corrected chi connectivity index (χ2v) is 6.76. The molecule has 0 amide bonds. The van der Waals surface area contributed by atoms with Crippen LogP contribution in [0.25, 0.3) is 0 Å². The Labute approximate surface area is 167 Å². The van der Waals surface area contributed by atoms with E-state index in [4.69, 9.17) is 0 Å². The molecule has 1 heterocycles. The summed E-state index contributed by atoms with van der Waals surface area (Å²) in [4.78, 5) is 10.7. The quantitative estimate of drug-likeness (QED) is 0.395. The standard InChI is InChI=1S/C16H21BrN6.HI/c1-18-16(22(2)9-15-19-10-20-23(15)3)21-14-8-13(14)11-4-6-12(17)7-5-11;/h4-7,10,13-14H,8-9H2,1-3H3,(H,18,21);1H. The highest BCUT2D eigenvalue weighted by Gasteiger charge is 2.39. The van der Waals surface area contributed by atoms with Crippen molar-refractivity contribution < 1.29 is 0 Å². The first-order valence-corrected chi connectivity index (χ1v) is 8.40. The van der Waals surface area contributed by atoms with Gasteiger partial charge >= 0.3 is 0 Å². The summed E-state index contributed by atoms with van der Waals surface area (Å²) in [6.07, 6.45) is 2.71. The van der Waals surface area contributed by atoms with Gasteiger partial charge in [0.2, 0.25) is 0 Å². The van der Waals surface area contributed by atoms with Gasteiger partial charge in [0.25, 0.3) is 0 Å². The van der Waals surface area contributed by atoms with Crippen LogP contribution in [0.1, 0.15) is 23.7 Å². The minimum Gasteiger partial charge on any atom is -0.353 e. The van der Waals surface area contributed by atoms with Gasteiger partial charge in [0, 0.05) is 37.6 Å². The van der Waals surface area contributed by atoms with Crippen LogP contribution in [0.15, 0.2) is 40.1 Å². The van der Waals surface area contributed by atoms with Crippen molar-refractivity contribution in [3.8, 4) is 0 Å². The number of aryl methyl sites for hydroxylation is 1. The summed E-state index contributed by atoms with van der Waals surface area (Å²) >= 11 is 3.48. The fourth-order valence-corrected chi connectivity index (χ4v) is 2.96. The van der Waals surface area contributed by atoms with E-state index in [0.29, 0.717) is 18.5 Å². The van der Waals surface area contributed by atoms with E-state index in [-0.39, 0.29) is 24.0 Å². The van der Waals surface area contributed by atoms with Crippen molar-refractivity contribution in [3.63, 3.8) is 0 Å². The Balaban J connectivity index is 0.00000208. The molecule has 8 heteroatoms. The first kappa shape index (κ1) is 19.2. The summed E-state index contributed by atoms with van der Waals surface area (Å²) in [6.45, 7) is 0.672. The molecule has 2 atom stereocenters. The smallest absolute Gasteiger partial charge is 0.194 e. The average molecular weight is 505 g/mol. The molecule has 1 aliphatic rings. The Hall–Kier alpha value is -1.16.